The first-order valence-electron chi connectivity index (χ1n) is 10.1. The molecule has 2 rings (SSSR count). The van der Waals surface area contributed by atoms with Gasteiger partial charge in [0.15, 0.2) is 0 Å². The summed E-state index contributed by atoms with van der Waals surface area (Å²) in [6.45, 7) is 3.42. The fourth-order valence-electron chi connectivity index (χ4n) is 3.17. The SMILES string of the molecule is CC[C@H](C)C(NC(=O)N[C@@H](c1ccc(C(F)(F)F)cc1)c1ncccc1C(F)(F)F)C(=O)OC. The minimum atomic E-state index is -4.85. The average Bonchev–Trinajstić information content (AvgIpc) is 2.79. The lowest BCUT2D eigenvalue weighted by Crippen LogP contribution is -2.50. The van der Waals surface area contributed by atoms with Crippen molar-refractivity contribution in [2.75, 3.05) is 7.11 Å². The zero-order chi connectivity index (χ0) is 25.7. The predicted molar refractivity (Wildman–Crippen MR) is 109 cm³/mol. The first kappa shape index (κ1) is 26.9. The second-order valence-electron chi connectivity index (χ2n) is 7.49. The lowest BCUT2D eigenvalue weighted by atomic mass is 9.97. The Morgan fingerprint density at radius 1 is 1.00 bits per heavy atom. The Balaban J connectivity index is 2.49. The van der Waals surface area contributed by atoms with Gasteiger partial charge in [0.05, 0.1) is 30.0 Å². The lowest BCUT2D eigenvalue weighted by molar-refractivity contribution is -0.144. The molecule has 0 saturated carbocycles. The van der Waals surface area contributed by atoms with E-state index < -0.39 is 53.3 Å². The maximum atomic E-state index is 13.6. The molecule has 0 bridgehead atoms. The van der Waals surface area contributed by atoms with E-state index in [9.17, 15) is 35.9 Å². The van der Waals surface area contributed by atoms with Gasteiger partial charge in [-0.15, -0.1) is 0 Å². The fourth-order valence-corrected chi connectivity index (χ4v) is 3.17. The summed E-state index contributed by atoms with van der Waals surface area (Å²) in [6, 6.07) is 1.37. The molecule has 1 aromatic heterocycles. The Labute approximate surface area is 191 Å². The number of carbonyl (C=O) groups is 2. The van der Waals surface area contributed by atoms with Crippen LogP contribution in [0.2, 0.25) is 0 Å². The molecule has 0 saturated heterocycles. The summed E-state index contributed by atoms with van der Waals surface area (Å²) in [5, 5.41) is 4.68. The molecule has 0 aliphatic rings. The minimum absolute atomic E-state index is 0.0782. The highest BCUT2D eigenvalue weighted by Crippen LogP contribution is 2.36. The summed E-state index contributed by atoms with van der Waals surface area (Å²) in [5.74, 6) is -1.13. The van der Waals surface area contributed by atoms with Crippen LogP contribution in [0.5, 0.6) is 0 Å². The van der Waals surface area contributed by atoms with Crippen molar-refractivity contribution < 1.29 is 40.7 Å². The van der Waals surface area contributed by atoms with Crippen LogP contribution in [0, 0.1) is 5.92 Å². The largest absolute Gasteiger partial charge is 0.467 e. The number of hydrogen-bond donors (Lipinski definition) is 2. The highest BCUT2D eigenvalue weighted by Gasteiger charge is 2.38. The standard InChI is InChI=1S/C22H23F6N3O3/c1-4-12(2)16(19(32)34-3)30-20(33)31-17(13-7-9-14(10-8-13)21(23,24)25)18-15(22(26,27)28)6-5-11-29-18/h5-12,16-17H,4H2,1-3H3,(H2,30,31,33)/t12-,16?,17-/m0/s1. The third kappa shape index (κ3) is 6.61. The lowest BCUT2D eigenvalue weighted by Gasteiger charge is -2.26. The highest BCUT2D eigenvalue weighted by molar-refractivity contribution is 5.84. The van der Waals surface area contributed by atoms with Crippen molar-refractivity contribution in [1.29, 1.82) is 0 Å². The number of alkyl halides is 6. The van der Waals surface area contributed by atoms with Gasteiger partial charge in [-0.25, -0.2) is 9.59 Å². The number of halogens is 6. The van der Waals surface area contributed by atoms with Gasteiger partial charge < -0.3 is 15.4 Å². The molecule has 34 heavy (non-hydrogen) atoms. The number of rotatable bonds is 7. The molecule has 2 amide bonds. The maximum absolute atomic E-state index is 13.6. The third-order valence-electron chi connectivity index (χ3n) is 5.22. The molecule has 0 radical (unpaired) electrons. The minimum Gasteiger partial charge on any atom is -0.467 e. The summed E-state index contributed by atoms with van der Waals surface area (Å²) in [4.78, 5) is 28.5. The van der Waals surface area contributed by atoms with Gasteiger partial charge in [0.2, 0.25) is 0 Å². The van der Waals surface area contributed by atoms with Crippen molar-refractivity contribution in [3.8, 4) is 0 Å². The van der Waals surface area contributed by atoms with Crippen molar-refractivity contribution in [3.63, 3.8) is 0 Å². The topological polar surface area (TPSA) is 80.3 Å². The van der Waals surface area contributed by atoms with Gasteiger partial charge >= 0.3 is 24.4 Å². The molecular formula is C22H23F6N3O3. The van der Waals surface area contributed by atoms with E-state index >= 15 is 0 Å². The van der Waals surface area contributed by atoms with Gasteiger partial charge in [0.1, 0.15) is 6.04 Å². The smallest absolute Gasteiger partial charge is 0.418 e. The van der Waals surface area contributed by atoms with E-state index in [1.807, 2.05) is 0 Å². The van der Waals surface area contributed by atoms with Gasteiger partial charge in [-0.3, -0.25) is 4.98 Å². The fraction of sp³-hybridized carbons (Fsp3) is 0.409. The number of nitrogens with one attached hydrogen (secondary N) is 2. The van der Waals surface area contributed by atoms with E-state index in [1.54, 1.807) is 13.8 Å². The molecule has 3 atom stereocenters. The zero-order valence-corrected chi connectivity index (χ0v) is 18.4. The number of pyridine rings is 1. The van der Waals surface area contributed by atoms with E-state index in [0.29, 0.717) is 18.6 Å². The molecular weight excluding hydrogens is 468 g/mol. The van der Waals surface area contributed by atoms with Crippen LogP contribution in [0.25, 0.3) is 0 Å². The Morgan fingerprint density at radius 2 is 1.62 bits per heavy atom. The van der Waals surface area contributed by atoms with Crippen LogP contribution in [0.4, 0.5) is 31.1 Å². The maximum Gasteiger partial charge on any atom is 0.418 e. The monoisotopic (exact) mass is 491 g/mol. The van der Waals surface area contributed by atoms with E-state index in [4.69, 9.17) is 0 Å². The first-order valence-corrected chi connectivity index (χ1v) is 10.1. The van der Waals surface area contributed by atoms with Crippen LogP contribution in [0.15, 0.2) is 42.6 Å². The summed E-state index contributed by atoms with van der Waals surface area (Å²) in [6.07, 6.45) is -7.97. The van der Waals surface area contributed by atoms with Crippen LogP contribution in [0.3, 0.4) is 0 Å². The first-order chi connectivity index (χ1) is 15.8. The third-order valence-corrected chi connectivity index (χ3v) is 5.22. The number of carbonyl (C=O) groups excluding carboxylic acids is 2. The Morgan fingerprint density at radius 3 is 2.12 bits per heavy atom. The molecule has 0 fully saturated rings. The summed E-state index contributed by atoms with van der Waals surface area (Å²) in [5.41, 5.74) is -2.89. The Bertz CT molecular complexity index is 993. The van der Waals surface area contributed by atoms with E-state index in [2.05, 4.69) is 20.4 Å². The van der Waals surface area contributed by atoms with Gasteiger partial charge in [-0.1, -0.05) is 32.4 Å². The molecule has 0 spiro atoms. The Kier molecular flexibility index (Phi) is 8.51. The second-order valence-corrected chi connectivity index (χ2v) is 7.49. The van der Waals surface area contributed by atoms with Crippen molar-refractivity contribution in [3.05, 3.63) is 65.0 Å². The quantitative estimate of drug-likeness (QED) is 0.418. The van der Waals surface area contributed by atoms with Crippen LogP contribution >= 0.6 is 0 Å². The van der Waals surface area contributed by atoms with Crippen molar-refractivity contribution in [2.24, 2.45) is 5.92 Å². The molecule has 0 aliphatic carbocycles. The second kappa shape index (κ2) is 10.7. The number of esters is 1. The van der Waals surface area contributed by atoms with Crippen LogP contribution < -0.4 is 10.6 Å². The van der Waals surface area contributed by atoms with E-state index in [1.165, 1.54) is 0 Å². The molecule has 6 nitrogen and oxygen atoms in total. The van der Waals surface area contributed by atoms with Gasteiger partial charge in [0, 0.05) is 6.20 Å². The Hall–Kier alpha value is -3.31. The van der Waals surface area contributed by atoms with E-state index in [0.717, 1.165) is 37.6 Å². The zero-order valence-electron chi connectivity index (χ0n) is 18.4. The van der Waals surface area contributed by atoms with Crippen LogP contribution in [-0.2, 0) is 21.9 Å². The number of ether oxygens (including phenoxy) is 1. The summed E-state index contributed by atoms with van der Waals surface area (Å²) in [7, 11) is 1.12. The molecule has 0 aliphatic heterocycles. The number of benzene rings is 1. The molecule has 1 heterocycles. The van der Waals surface area contributed by atoms with Gasteiger partial charge in [0.25, 0.3) is 0 Å². The number of hydrogen-bond acceptors (Lipinski definition) is 4. The van der Waals surface area contributed by atoms with Crippen molar-refractivity contribution >= 4 is 12.0 Å². The highest BCUT2D eigenvalue weighted by atomic mass is 19.4. The molecule has 1 aromatic carbocycles. The predicted octanol–water partition coefficient (Wildman–Crippen LogP) is 5.10. The van der Waals surface area contributed by atoms with Crippen LogP contribution in [-0.4, -0.2) is 30.1 Å². The summed E-state index contributed by atoms with van der Waals surface area (Å²) >= 11 is 0. The molecule has 2 aromatic rings. The van der Waals surface area contributed by atoms with Gasteiger partial charge in [-0.05, 0) is 35.7 Å². The van der Waals surface area contributed by atoms with Crippen LogP contribution in [0.1, 0.15) is 48.7 Å². The molecule has 1 unspecified atom stereocenters. The normalized spacial score (nSPS) is 14.6. The van der Waals surface area contributed by atoms with Gasteiger partial charge in [-0.2, -0.15) is 26.3 Å². The number of amides is 2. The summed E-state index contributed by atoms with van der Waals surface area (Å²) < 4.78 is 84.4. The number of nitrogens with zero attached hydrogens (tertiary/aromatic N) is 1. The number of aromatic nitrogens is 1. The molecule has 12 heteroatoms. The van der Waals surface area contributed by atoms with Crippen molar-refractivity contribution in [1.82, 2.24) is 15.6 Å². The average molecular weight is 491 g/mol. The molecule has 2 N–H and O–H groups in total. The van der Waals surface area contributed by atoms with E-state index in [-0.39, 0.29) is 11.5 Å². The molecule has 186 valence electrons. The van der Waals surface area contributed by atoms with Crippen molar-refractivity contribution in [2.45, 2.75) is 44.7 Å². The number of methoxy groups -OCH3 is 1. The number of urea groups is 1.